The number of nitrogens with zero attached hydrogens (tertiary/aromatic N) is 3. The number of nitrogens with one attached hydrogen (secondary N) is 1. The molecule has 2 N–H and O–H groups in total. The minimum Gasteiger partial charge on any atom is -0.396 e. The van der Waals surface area contributed by atoms with Crippen LogP contribution in [0.4, 0.5) is 0 Å². The third-order valence-electron chi connectivity index (χ3n) is 2.29. The number of amides is 1. The highest BCUT2D eigenvalue weighted by atomic mass is 16.3. The van der Waals surface area contributed by atoms with Gasteiger partial charge in [0.25, 0.3) is 0 Å². The molecule has 0 aliphatic rings. The number of hydrogen-bond donors (Lipinski definition) is 2. The lowest BCUT2D eigenvalue weighted by Crippen LogP contribution is -2.28. The Bertz CT molecular complexity index is 300. The summed E-state index contributed by atoms with van der Waals surface area (Å²) in [6, 6.07) is 0. The van der Waals surface area contributed by atoms with Crippen LogP contribution in [0, 0.1) is 5.92 Å². The molecule has 1 rings (SSSR count). The van der Waals surface area contributed by atoms with Gasteiger partial charge in [0.1, 0.15) is 6.54 Å². The summed E-state index contributed by atoms with van der Waals surface area (Å²) in [4.78, 5) is 11.4. The van der Waals surface area contributed by atoms with Gasteiger partial charge in [-0.05, 0) is 18.8 Å². The fraction of sp³-hybridized carbons (Fsp3) is 0.700. The topological polar surface area (TPSA) is 80.0 Å². The number of carbonyl (C=O) groups excluding carboxylic acids is 1. The molecule has 1 amide bonds. The van der Waals surface area contributed by atoms with Crippen molar-refractivity contribution in [2.75, 3.05) is 13.2 Å². The van der Waals surface area contributed by atoms with Gasteiger partial charge in [-0.15, -0.1) is 5.10 Å². The van der Waals surface area contributed by atoms with Gasteiger partial charge in [-0.25, -0.2) is 4.68 Å². The molecule has 0 aromatic carbocycles. The number of hydrogen-bond acceptors (Lipinski definition) is 4. The Kier molecular flexibility index (Phi) is 5.49. The van der Waals surface area contributed by atoms with E-state index in [9.17, 15) is 4.79 Å². The number of carbonyl (C=O) groups is 1. The first-order chi connectivity index (χ1) is 7.72. The van der Waals surface area contributed by atoms with E-state index in [-0.39, 0.29) is 19.1 Å². The fourth-order valence-corrected chi connectivity index (χ4v) is 1.29. The zero-order valence-corrected chi connectivity index (χ0v) is 9.46. The first kappa shape index (κ1) is 12.6. The maximum atomic E-state index is 11.4. The maximum Gasteiger partial charge on any atom is 0.241 e. The van der Waals surface area contributed by atoms with E-state index >= 15 is 0 Å². The zero-order chi connectivity index (χ0) is 11.8. The molecule has 0 bridgehead atoms. The van der Waals surface area contributed by atoms with Crippen LogP contribution in [-0.2, 0) is 11.3 Å². The molecule has 0 radical (unpaired) electrons. The predicted molar refractivity (Wildman–Crippen MR) is 58.5 cm³/mol. The van der Waals surface area contributed by atoms with Gasteiger partial charge in [-0.1, -0.05) is 12.1 Å². The van der Waals surface area contributed by atoms with Crippen LogP contribution in [0.2, 0.25) is 0 Å². The molecule has 1 heterocycles. The van der Waals surface area contributed by atoms with Crippen LogP contribution in [-0.4, -0.2) is 39.2 Å². The second kappa shape index (κ2) is 6.95. The van der Waals surface area contributed by atoms with Crippen molar-refractivity contribution in [3.63, 3.8) is 0 Å². The van der Waals surface area contributed by atoms with Crippen molar-refractivity contribution in [2.45, 2.75) is 26.3 Å². The molecule has 0 saturated heterocycles. The number of rotatable bonds is 7. The Morgan fingerprint density at radius 1 is 1.62 bits per heavy atom. The van der Waals surface area contributed by atoms with Crippen LogP contribution < -0.4 is 5.32 Å². The monoisotopic (exact) mass is 226 g/mol. The highest BCUT2D eigenvalue weighted by Gasteiger charge is 2.03. The van der Waals surface area contributed by atoms with Crippen molar-refractivity contribution in [1.29, 1.82) is 0 Å². The summed E-state index contributed by atoms with van der Waals surface area (Å²) in [5, 5.41) is 18.9. The number of aliphatic hydroxyl groups excluding tert-OH is 1. The molecule has 6 nitrogen and oxygen atoms in total. The average molecular weight is 226 g/mol. The molecule has 0 aliphatic heterocycles. The lowest BCUT2D eigenvalue weighted by molar-refractivity contribution is -0.121. The minimum absolute atomic E-state index is 0.0675. The van der Waals surface area contributed by atoms with Gasteiger partial charge < -0.3 is 10.4 Å². The molecule has 1 aromatic rings. The van der Waals surface area contributed by atoms with E-state index in [2.05, 4.69) is 15.6 Å². The largest absolute Gasteiger partial charge is 0.396 e. The summed E-state index contributed by atoms with van der Waals surface area (Å²) in [5.41, 5.74) is 0. The quantitative estimate of drug-likeness (QED) is 0.631. The highest BCUT2D eigenvalue weighted by molar-refractivity contribution is 5.75. The van der Waals surface area contributed by atoms with Crippen LogP contribution in [0.1, 0.15) is 19.8 Å². The molecule has 16 heavy (non-hydrogen) atoms. The summed E-state index contributed by atoms with van der Waals surface area (Å²) in [5.74, 6) is 0.231. The van der Waals surface area contributed by atoms with Gasteiger partial charge in [0.2, 0.25) is 5.91 Å². The lowest BCUT2D eigenvalue weighted by atomic mass is 10.1. The number of aromatic nitrogens is 3. The molecule has 6 heteroatoms. The zero-order valence-electron chi connectivity index (χ0n) is 9.46. The number of aliphatic hydroxyl groups is 1. The maximum absolute atomic E-state index is 11.4. The van der Waals surface area contributed by atoms with Gasteiger partial charge in [-0.3, -0.25) is 4.79 Å². The Morgan fingerprint density at radius 3 is 3.06 bits per heavy atom. The second-order valence-electron chi connectivity index (χ2n) is 3.88. The van der Waals surface area contributed by atoms with Crippen molar-refractivity contribution in [2.24, 2.45) is 5.92 Å². The summed E-state index contributed by atoms with van der Waals surface area (Å²) in [6.45, 7) is 3.03. The molecule has 90 valence electrons. The summed E-state index contributed by atoms with van der Waals surface area (Å²) in [6.07, 6.45) is 4.98. The van der Waals surface area contributed by atoms with E-state index in [0.29, 0.717) is 12.5 Å². The second-order valence-corrected chi connectivity index (χ2v) is 3.88. The van der Waals surface area contributed by atoms with Crippen LogP contribution in [0.25, 0.3) is 0 Å². The molecule has 1 aromatic heterocycles. The van der Waals surface area contributed by atoms with Crippen molar-refractivity contribution >= 4 is 5.91 Å². The first-order valence-electron chi connectivity index (χ1n) is 5.44. The van der Waals surface area contributed by atoms with E-state index in [1.165, 1.54) is 10.9 Å². The van der Waals surface area contributed by atoms with Crippen molar-refractivity contribution in [3.8, 4) is 0 Å². The van der Waals surface area contributed by atoms with Gasteiger partial charge in [0.05, 0.1) is 6.20 Å². The summed E-state index contributed by atoms with van der Waals surface area (Å²) < 4.78 is 1.48. The van der Waals surface area contributed by atoms with Crippen molar-refractivity contribution < 1.29 is 9.90 Å². The molecule has 0 aliphatic carbocycles. The van der Waals surface area contributed by atoms with Crippen molar-refractivity contribution in [3.05, 3.63) is 12.4 Å². The average Bonchev–Trinajstić information content (AvgIpc) is 2.76. The van der Waals surface area contributed by atoms with E-state index in [4.69, 9.17) is 5.11 Å². The van der Waals surface area contributed by atoms with E-state index in [1.54, 1.807) is 6.20 Å². The smallest absolute Gasteiger partial charge is 0.241 e. The predicted octanol–water partition coefficient (Wildman–Crippen LogP) is -0.197. The van der Waals surface area contributed by atoms with E-state index in [0.717, 1.165) is 12.8 Å². The van der Waals surface area contributed by atoms with E-state index in [1.807, 2.05) is 6.92 Å². The lowest BCUT2D eigenvalue weighted by Gasteiger charge is -2.08. The van der Waals surface area contributed by atoms with Crippen LogP contribution >= 0.6 is 0 Å². The molecule has 0 fully saturated rings. The normalized spacial score (nSPS) is 12.4. The Morgan fingerprint density at radius 2 is 2.44 bits per heavy atom. The van der Waals surface area contributed by atoms with Gasteiger partial charge >= 0.3 is 0 Å². The summed E-state index contributed by atoms with van der Waals surface area (Å²) in [7, 11) is 0. The standard InChI is InChI=1S/C10H18N4O2/c1-9(8-15)3-2-4-11-10(16)7-14-6-5-12-13-14/h5-6,9,15H,2-4,7-8H2,1H3,(H,11,16). The molecular weight excluding hydrogens is 208 g/mol. The van der Waals surface area contributed by atoms with Crippen LogP contribution in [0.5, 0.6) is 0 Å². The Balaban J connectivity index is 2.07. The third kappa shape index (κ3) is 4.88. The van der Waals surface area contributed by atoms with Gasteiger partial charge in [-0.2, -0.15) is 0 Å². The Labute approximate surface area is 94.7 Å². The Hall–Kier alpha value is -1.43. The third-order valence-corrected chi connectivity index (χ3v) is 2.29. The first-order valence-corrected chi connectivity index (χ1v) is 5.44. The molecular formula is C10H18N4O2. The molecule has 0 spiro atoms. The molecule has 1 unspecified atom stereocenters. The highest BCUT2D eigenvalue weighted by Crippen LogP contribution is 2.02. The minimum atomic E-state index is -0.0675. The molecule has 0 saturated carbocycles. The van der Waals surface area contributed by atoms with Crippen molar-refractivity contribution in [1.82, 2.24) is 20.3 Å². The fourth-order valence-electron chi connectivity index (χ4n) is 1.29. The van der Waals surface area contributed by atoms with Crippen LogP contribution in [0.15, 0.2) is 12.4 Å². The van der Waals surface area contributed by atoms with Gasteiger partial charge in [0.15, 0.2) is 0 Å². The SMILES string of the molecule is CC(CO)CCCNC(=O)Cn1ccnn1. The summed E-state index contributed by atoms with van der Waals surface area (Å²) >= 11 is 0. The van der Waals surface area contributed by atoms with E-state index < -0.39 is 0 Å². The van der Waals surface area contributed by atoms with Gasteiger partial charge in [0, 0.05) is 19.3 Å². The molecule has 1 atom stereocenters. The van der Waals surface area contributed by atoms with Crippen LogP contribution in [0.3, 0.4) is 0 Å².